The second-order valence-corrected chi connectivity index (χ2v) is 7.41. The van der Waals surface area contributed by atoms with Gasteiger partial charge < -0.3 is 10.2 Å². The number of carbonyl (C=O) groups excluding carboxylic acids is 1. The third-order valence-corrected chi connectivity index (χ3v) is 5.58. The van der Waals surface area contributed by atoms with Crippen LogP contribution < -0.4 is 10.2 Å². The van der Waals surface area contributed by atoms with E-state index < -0.39 is 0 Å². The van der Waals surface area contributed by atoms with E-state index in [0.29, 0.717) is 12.4 Å². The van der Waals surface area contributed by atoms with Gasteiger partial charge in [-0.15, -0.1) is 0 Å². The van der Waals surface area contributed by atoms with E-state index in [4.69, 9.17) is 4.98 Å². The largest absolute Gasteiger partial charge is 0.347 e. The Balaban J connectivity index is 1.47. The van der Waals surface area contributed by atoms with Crippen LogP contribution in [0.15, 0.2) is 42.5 Å². The number of fused-ring (bicyclic) bond motifs is 1. The van der Waals surface area contributed by atoms with E-state index >= 15 is 0 Å². The van der Waals surface area contributed by atoms with Gasteiger partial charge >= 0.3 is 0 Å². The quantitative estimate of drug-likeness (QED) is 0.778. The van der Waals surface area contributed by atoms with Crippen LogP contribution in [0.5, 0.6) is 0 Å². The molecule has 0 aliphatic carbocycles. The van der Waals surface area contributed by atoms with E-state index in [1.807, 2.05) is 43.3 Å². The van der Waals surface area contributed by atoms with Crippen molar-refractivity contribution in [1.29, 1.82) is 0 Å². The normalized spacial score (nSPS) is 17.6. The third-order valence-electron chi connectivity index (χ3n) is 4.48. The molecule has 1 aliphatic rings. The van der Waals surface area contributed by atoms with Gasteiger partial charge in [-0.05, 0) is 44.0 Å². The average molecular weight is 352 g/mol. The number of aromatic nitrogens is 2. The summed E-state index contributed by atoms with van der Waals surface area (Å²) in [5.74, 6) is 0.633. The van der Waals surface area contributed by atoms with Crippen molar-refractivity contribution in [2.24, 2.45) is 5.92 Å². The molecule has 0 saturated carbocycles. The summed E-state index contributed by atoms with van der Waals surface area (Å²) in [4.78, 5) is 24.0. The molecule has 6 heteroatoms. The summed E-state index contributed by atoms with van der Waals surface area (Å²) in [6, 6.07) is 13.8. The minimum Gasteiger partial charge on any atom is -0.347 e. The number of anilines is 2. The van der Waals surface area contributed by atoms with Gasteiger partial charge in [0.25, 0.3) is 0 Å². The minimum atomic E-state index is -0.0388. The number of rotatable bonds is 3. The van der Waals surface area contributed by atoms with E-state index in [9.17, 15) is 4.79 Å². The maximum atomic E-state index is 12.6. The van der Waals surface area contributed by atoms with Gasteiger partial charge in [-0.3, -0.25) is 4.79 Å². The van der Waals surface area contributed by atoms with E-state index in [1.54, 1.807) is 11.3 Å². The Kier molecular flexibility index (Phi) is 4.36. The number of hydrogen-bond acceptors (Lipinski definition) is 5. The highest BCUT2D eigenvalue weighted by Crippen LogP contribution is 2.31. The summed E-state index contributed by atoms with van der Waals surface area (Å²) < 4.78 is 1.19. The Labute approximate surface area is 150 Å². The SMILES string of the molecule is Cc1cccc(NC(=O)C2CCCN(c3nc4ccccc4s3)C2)n1. The van der Waals surface area contributed by atoms with Gasteiger partial charge in [0.2, 0.25) is 5.91 Å². The number of benzene rings is 1. The van der Waals surface area contributed by atoms with E-state index in [2.05, 4.69) is 21.3 Å². The maximum absolute atomic E-state index is 12.6. The summed E-state index contributed by atoms with van der Waals surface area (Å²) in [6.45, 7) is 3.58. The first-order valence-electron chi connectivity index (χ1n) is 8.54. The van der Waals surface area contributed by atoms with Crippen molar-refractivity contribution >= 4 is 38.4 Å². The van der Waals surface area contributed by atoms with Crippen LogP contribution in [-0.4, -0.2) is 29.0 Å². The van der Waals surface area contributed by atoms with Crippen molar-refractivity contribution in [3.63, 3.8) is 0 Å². The Morgan fingerprint density at radius 1 is 1.20 bits per heavy atom. The average Bonchev–Trinajstić information content (AvgIpc) is 3.06. The standard InChI is InChI=1S/C19H20N4OS/c1-13-6-4-10-17(20-13)22-18(24)14-7-5-11-23(12-14)19-21-15-8-2-3-9-16(15)25-19/h2-4,6,8-10,14H,5,7,11-12H2,1H3,(H,20,22,24). The number of carbonyl (C=O) groups is 1. The Morgan fingerprint density at radius 3 is 2.92 bits per heavy atom. The van der Waals surface area contributed by atoms with Gasteiger partial charge in [0.05, 0.1) is 16.1 Å². The fourth-order valence-electron chi connectivity index (χ4n) is 3.20. The van der Waals surface area contributed by atoms with Crippen molar-refractivity contribution in [1.82, 2.24) is 9.97 Å². The topological polar surface area (TPSA) is 58.1 Å². The number of amides is 1. The molecule has 4 rings (SSSR count). The molecule has 5 nitrogen and oxygen atoms in total. The molecule has 0 spiro atoms. The lowest BCUT2D eigenvalue weighted by atomic mass is 9.97. The highest BCUT2D eigenvalue weighted by Gasteiger charge is 2.27. The van der Waals surface area contributed by atoms with E-state index in [1.165, 1.54) is 4.70 Å². The molecule has 1 N–H and O–H groups in total. The third kappa shape index (κ3) is 3.49. The highest BCUT2D eigenvalue weighted by atomic mass is 32.1. The monoisotopic (exact) mass is 352 g/mol. The lowest BCUT2D eigenvalue weighted by Gasteiger charge is -2.31. The summed E-state index contributed by atoms with van der Waals surface area (Å²) in [5, 5.41) is 3.96. The molecule has 3 aromatic rings. The van der Waals surface area contributed by atoms with Gasteiger partial charge in [-0.2, -0.15) is 0 Å². The molecule has 1 saturated heterocycles. The fourth-order valence-corrected chi connectivity index (χ4v) is 4.20. The molecule has 0 radical (unpaired) electrons. The first-order chi connectivity index (χ1) is 12.2. The predicted octanol–water partition coefficient (Wildman–Crippen LogP) is 3.85. The van der Waals surface area contributed by atoms with Crippen LogP contribution in [0.25, 0.3) is 10.2 Å². The Bertz CT molecular complexity index is 874. The number of pyridine rings is 1. The number of aryl methyl sites for hydroxylation is 1. The molecule has 3 heterocycles. The molecule has 128 valence electrons. The molecule has 1 amide bonds. The zero-order valence-electron chi connectivity index (χ0n) is 14.1. The van der Waals surface area contributed by atoms with E-state index in [-0.39, 0.29) is 11.8 Å². The summed E-state index contributed by atoms with van der Waals surface area (Å²) in [6.07, 6.45) is 1.90. The number of nitrogens with one attached hydrogen (secondary N) is 1. The maximum Gasteiger partial charge on any atom is 0.230 e. The molecule has 1 atom stereocenters. The second-order valence-electron chi connectivity index (χ2n) is 6.40. The lowest BCUT2D eigenvalue weighted by molar-refractivity contribution is -0.120. The van der Waals surface area contributed by atoms with Crippen LogP contribution in [0, 0.1) is 12.8 Å². The Morgan fingerprint density at radius 2 is 2.08 bits per heavy atom. The zero-order valence-corrected chi connectivity index (χ0v) is 14.9. The molecule has 25 heavy (non-hydrogen) atoms. The van der Waals surface area contributed by atoms with Crippen LogP contribution in [0.3, 0.4) is 0 Å². The molecular formula is C19H20N4OS. The van der Waals surface area contributed by atoms with Gasteiger partial charge in [0.15, 0.2) is 5.13 Å². The smallest absolute Gasteiger partial charge is 0.230 e. The molecule has 1 aliphatic heterocycles. The molecular weight excluding hydrogens is 332 g/mol. The van der Waals surface area contributed by atoms with Crippen molar-refractivity contribution in [2.75, 3.05) is 23.3 Å². The molecule has 2 aromatic heterocycles. The van der Waals surface area contributed by atoms with Gasteiger partial charge in [0, 0.05) is 18.8 Å². The van der Waals surface area contributed by atoms with Crippen LogP contribution in [0.2, 0.25) is 0 Å². The predicted molar refractivity (Wildman–Crippen MR) is 102 cm³/mol. The van der Waals surface area contributed by atoms with Gasteiger partial charge in [-0.1, -0.05) is 29.5 Å². The van der Waals surface area contributed by atoms with E-state index in [0.717, 1.165) is 35.7 Å². The lowest BCUT2D eigenvalue weighted by Crippen LogP contribution is -2.40. The fraction of sp³-hybridized carbons (Fsp3) is 0.316. The van der Waals surface area contributed by atoms with Crippen molar-refractivity contribution in [3.05, 3.63) is 48.2 Å². The Hall–Kier alpha value is -2.47. The molecule has 1 fully saturated rings. The van der Waals surface area contributed by atoms with Gasteiger partial charge in [-0.25, -0.2) is 9.97 Å². The number of piperidine rings is 1. The summed E-state index contributed by atoms with van der Waals surface area (Å²) >= 11 is 1.69. The van der Waals surface area contributed by atoms with Crippen LogP contribution in [0.4, 0.5) is 10.9 Å². The second kappa shape index (κ2) is 6.80. The number of nitrogens with zero attached hydrogens (tertiary/aromatic N) is 3. The number of para-hydroxylation sites is 1. The first kappa shape index (κ1) is 16.0. The first-order valence-corrected chi connectivity index (χ1v) is 9.36. The van der Waals surface area contributed by atoms with Gasteiger partial charge in [0.1, 0.15) is 5.82 Å². The van der Waals surface area contributed by atoms with Crippen LogP contribution in [-0.2, 0) is 4.79 Å². The van der Waals surface area contributed by atoms with Crippen molar-refractivity contribution in [3.8, 4) is 0 Å². The number of thiazole rings is 1. The highest BCUT2D eigenvalue weighted by molar-refractivity contribution is 7.22. The molecule has 0 bridgehead atoms. The van der Waals surface area contributed by atoms with Crippen molar-refractivity contribution < 1.29 is 4.79 Å². The van der Waals surface area contributed by atoms with Crippen molar-refractivity contribution in [2.45, 2.75) is 19.8 Å². The number of hydrogen-bond donors (Lipinski definition) is 1. The van der Waals surface area contributed by atoms with Crippen LogP contribution in [0.1, 0.15) is 18.5 Å². The summed E-state index contributed by atoms with van der Waals surface area (Å²) in [7, 11) is 0. The molecule has 1 aromatic carbocycles. The molecule has 1 unspecified atom stereocenters. The van der Waals surface area contributed by atoms with Crippen LogP contribution >= 0.6 is 11.3 Å². The minimum absolute atomic E-state index is 0.0388. The zero-order chi connectivity index (χ0) is 17.2. The summed E-state index contributed by atoms with van der Waals surface area (Å²) in [5.41, 5.74) is 1.93.